The van der Waals surface area contributed by atoms with Gasteiger partial charge in [0.15, 0.2) is 6.10 Å². The van der Waals surface area contributed by atoms with E-state index >= 15 is 0 Å². The lowest BCUT2D eigenvalue weighted by Crippen LogP contribution is -2.37. The molecule has 0 spiro atoms. The Morgan fingerprint density at radius 1 is 1.03 bits per heavy atom. The number of piperidine rings is 1. The number of benzene rings is 2. The van der Waals surface area contributed by atoms with Gasteiger partial charge in [0.1, 0.15) is 5.75 Å². The van der Waals surface area contributed by atoms with E-state index in [1.807, 2.05) is 32.9 Å². The van der Waals surface area contributed by atoms with Crippen molar-refractivity contribution in [1.82, 2.24) is 10.2 Å². The summed E-state index contributed by atoms with van der Waals surface area (Å²) in [4.78, 5) is 15.2. The van der Waals surface area contributed by atoms with Crippen molar-refractivity contribution in [2.45, 2.75) is 65.6 Å². The van der Waals surface area contributed by atoms with Gasteiger partial charge in [-0.05, 0) is 74.5 Å². The van der Waals surface area contributed by atoms with Crippen LogP contribution in [0.1, 0.15) is 54.9 Å². The molecule has 2 aromatic rings. The Balaban J connectivity index is 1.51. The molecule has 4 nitrogen and oxygen atoms in total. The van der Waals surface area contributed by atoms with E-state index in [1.54, 1.807) is 0 Å². The van der Waals surface area contributed by atoms with E-state index in [0.717, 1.165) is 29.0 Å². The molecule has 156 valence electrons. The molecule has 1 aliphatic heterocycles. The summed E-state index contributed by atoms with van der Waals surface area (Å²) in [5.74, 6) is 0.722. The SMILES string of the molecule is CCC(Oc1cc(C)ccc1C)C(=O)NCc1ccc(CN2CCCCC2)cc1. The summed E-state index contributed by atoms with van der Waals surface area (Å²) in [5, 5.41) is 3.03. The molecule has 0 bridgehead atoms. The van der Waals surface area contributed by atoms with Crippen molar-refractivity contribution in [1.29, 1.82) is 0 Å². The highest BCUT2D eigenvalue weighted by molar-refractivity contribution is 5.81. The standard InChI is InChI=1S/C25H34N2O2/c1-4-23(29-24-16-19(2)8-9-20(24)3)25(28)26-17-21-10-12-22(13-11-21)18-27-14-6-5-7-15-27/h8-13,16,23H,4-7,14-15,17-18H2,1-3H3,(H,26,28). The third kappa shape index (κ3) is 6.33. The lowest BCUT2D eigenvalue weighted by atomic mass is 10.1. The minimum atomic E-state index is -0.478. The zero-order chi connectivity index (χ0) is 20.6. The highest BCUT2D eigenvalue weighted by Gasteiger charge is 2.19. The molecular weight excluding hydrogens is 360 g/mol. The third-order valence-corrected chi connectivity index (χ3v) is 5.62. The Hall–Kier alpha value is -2.33. The van der Waals surface area contributed by atoms with Crippen LogP contribution in [0.2, 0.25) is 0 Å². The van der Waals surface area contributed by atoms with Crippen molar-refractivity contribution >= 4 is 5.91 Å². The van der Waals surface area contributed by atoms with Crippen LogP contribution < -0.4 is 10.1 Å². The van der Waals surface area contributed by atoms with Gasteiger partial charge in [0.25, 0.3) is 5.91 Å². The second-order valence-electron chi connectivity index (χ2n) is 8.15. The Bertz CT molecular complexity index is 795. The number of carbonyl (C=O) groups is 1. The third-order valence-electron chi connectivity index (χ3n) is 5.62. The largest absolute Gasteiger partial charge is 0.480 e. The smallest absolute Gasteiger partial charge is 0.261 e. The molecule has 1 amide bonds. The summed E-state index contributed by atoms with van der Waals surface area (Å²) >= 11 is 0. The van der Waals surface area contributed by atoms with Crippen LogP contribution in [0.3, 0.4) is 0 Å². The van der Waals surface area contributed by atoms with Gasteiger partial charge in [-0.2, -0.15) is 0 Å². The lowest BCUT2D eigenvalue weighted by molar-refractivity contribution is -0.128. The zero-order valence-electron chi connectivity index (χ0n) is 18.0. The van der Waals surface area contributed by atoms with Gasteiger partial charge in [-0.3, -0.25) is 9.69 Å². The topological polar surface area (TPSA) is 41.6 Å². The highest BCUT2D eigenvalue weighted by atomic mass is 16.5. The molecule has 0 aromatic heterocycles. The van der Waals surface area contributed by atoms with Crippen LogP contribution in [0.25, 0.3) is 0 Å². The van der Waals surface area contributed by atoms with E-state index < -0.39 is 6.10 Å². The molecule has 1 N–H and O–H groups in total. The molecule has 4 heteroatoms. The molecule has 3 rings (SSSR count). The molecule has 1 fully saturated rings. The minimum Gasteiger partial charge on any atom is -0.480 e. The molecule has 1 aliphatic rings. The summed E-state index contributed by atoms with van der Waals surface area (Å²) in [7, 11) is 0. The van der Waals surface area contributed by atoms with Crippen LogP contribution in [-0.4, -0.2) is 30.0 Å². The van der Waals surface area contributed by atoms with Crippen LogP contribution in [0, 0.1) is 13.8 Å². The summed E-state index contributed by atoms with van der Waals surface area (Å²) in [5.41, 5.74) is 4.63. The fraction of sp³-hybridized carbons (Fsp3) is 0.480. The Morgan fingerprint density at radius 3 is 2.41 bits per heavy atom. The van der Waals surface area contributed by atoms with Crippen molar-refractivity contribution in [2.75, 3.05) is 13.1 Å². The first-order valence-corrected chi connectivity index (χ1v) is 10.9. The molecular formula is C25H34N2O2. The van der Waals surface area contributed by atoms with Crippen molar-refractivity contribution in [3.8, 4) is 5.75 Å². The second kappa shape index (κ2) is 10.4. The van der Waals surface area contributed by atoms with E-state index in [4.69, 9.17) is 4.74 Å². The molecule has 2 aromatic carbocycles. The molecule has 1 atom stereocenters. The number of carbonyl (C=O) groups excluding carboxylic acids is 1. The zero-order valence-corrected chi connectivity index (χ0v) is 18.0. The lowest BCUT2D eigenvalue weighted by Gasteiger charge is -2.26. The average molecular weight is 395 g/mol. The van der Waals surface area contributed by atoms with Gasteiger partial charge in [-0.25, -0.2) is 0 Å². The first-order chi connectivity index (χ1) is 14.0. The Kier molecular flexibility index (Phi) is 7.70. The van der Waals surface area contributed by atoms with Crippen molar-refractivity contribution < 1.29 is 9.53 Å². The first kappa shape index (κ1) is 21.4. The van der Waals surface area contributed by atoms with Crippen LogP contribution >= 0.6 is 0 Å². The summed E-state index contributed by atoms with van der Waals surface area (Å²) < 4.78 is 6.01. The van der Waals surface area contributed by atoms with Gasteiger partial charge in [-0.15, -0.1) is 0 Å². The number of ether oxygens (including phenoxy) is 1. The van der Waals surface area contributed by atoms with E-state index in [1.165, 1.54) is 37.9 Å². The summed E-state index contributed by atoms with van der Waals surface area (Å²) in [6, 6.07) is 14.7. The molecule has 1 heterocycles. The maximum absolute atomic E-state index is 12.6. The van der Waals surface area contributed by atoms with E-state index in [0.29, 0.717) is 13.0 Å². The number of hydrogen-bond acceptors (Lipinski definition) is 3. The molecule has 29 heavy (non-hydrogen) atoms. The van der Waals surface area contributed by atoms with Gasteiger partial charge in [0.05, 0.1) is 0 Å². The van der Waals surface area contributed by atoms with Crippen molar-refractivity contribution in [3.05, 3.63) is 64.7 Å². The number of aryl methyl sites for hydroxylation is 2. The fourth-order valence-corrected chi connectivity index (χ4v) is 3.75. The Morgan fingerprint density at radius 2 is 1.72 bits per heavy atom. The van der Waals surface area contributed by atoms with Gasteiger partial charge < -0.3 is 10.1 Å². The molecule has 1 saturated heterocycles. The summed E-state index contributed by atoms with van der Waals surface area (Å²) in [6.45, 7) is 9.97. The van der Waals surface area contributed by atoms with Gasteiger partial charge in [0.2, 0.25) is 0 Å². The van der Waals surface area contributed by atoms with Gasteiger partial charge in [-0.1, -0.05) is 49.7 Å². The van der Waals surface area contributed by atoms with Crippen LogP contribution in [0.15, 0.2) is 42.5 Å². The first-order valence-electron chi connectivity index (χ1n) is 10.9. The van der Waals surface area contributed by atoms with Crippen LogP contribution in [-0.2, 0) is 17.9 Å². The van der Waals surface area contributed by atoms with E-state index in [2.05, 4.69) is 40.5 Å². The predicted octanol–water partition coefficient (Wildman–Crippen LogP) is 4.76. The predicted molar refractivity (Wildman–Crippen MR) is 118 cm³/mol. The second-order valence-corrected chi connectivity index (χ2v) is 8.15. The molecule has 0 saturated carbocycles. The molecule has 0 radical (unpaired) electrons. The monoisotopic (exact) mass is 394 g/mol. The average Bonchev–Trinajstić information content (AvgIpc) is 2.74. The number of amides is 1. The number of nitrogens with zero attached hydrogens (tertiary/aromatic N) is 1. The summed E-state index contributed by atoms with van der Waals surface area (Å²) in [6.07, 6.45) is 4.14. The maximum Gasteiger partial charge on any atom is 0.261 e. The van der Waals surface area contributed by atoms with Crippen molar-refractivity contribution in [3.63, 3.8) is 0 Å². The maximum atomic E-state index is 12.6. The van der Waals surface area contributed by atoms with E-state index in [9.17, 15) is 4.79 Å². The number of hydrogen-bond donors (Lipinski definition) is 1. The van der Waals surface area contributed by atoms with Crippen molar-refractivity contribution in [2.24, 2.45) is 0 Å². The minimum absolute atomic E-state index is 0.0641. The van der Waals surface area contributed by atoms with Gasteiger partial charge >= 0.3 is 0 Å². The number of likely N-dealkylation sites (tertiary alicyclic amines) is 1. The highest BCUT2D eigenvalue weighted by Crippen LogP contribution is 2.21. The normalized spacial score (nSPS) is 15.7. The van der Waals surface area contributed by atoms with E-state index in [-0.39, 0.29) is 5.91 Å². The van der Waals surface area contributed by atoms with Gasteiger partial charge in [0, 0.05) is 13.1 Å². The molecule has 0 aliphatic carbocycles. The fourth-order valence-electron chi connectivity index (χ4n) is 3.75. The van der Waals surface area contributed by atoms with Crippen LogP contribution in [0.5, 0.6) is 5.75 Å². The van der Waals surface area contributed by atoms with Crippen LogP contribution in [0.4, 0.5) is 0 Å². The Labute approximate surface area is 175 Å². The molecule has 1 unspecified atom stereocenters. The number of rotatable bonds is 8. The quantitative estimate of drug-likeness (QED) is 0.702. The number of nitrogens with one attached hydrogen (secondary N) is 1.